The molecule has 1 aromatic carbocycles. The molecule has 19 heavy (non-hydrogen) atoms. The van der Waals surface area contributed by atoms with E-state index in [-0.39, 0.29) is 18.3 Å². The molecule has 0 radical (unpaired) electrons. The SMILES string of the molecule is CCCOCC(=O)N(CCCN)c1cccc(F)c1. The molecule has 4 nitrogen and oxygen atoms in total. The minimum atomic E-state index is -0.363. The fourth-order valence-corrected chi connectivity index (χ4v) is 1.67. The molecule has 1 aromatic rings. The predicted octanol–water partition coefficient (Wildman–Crippen LogP) is 1.93. The Morgan fingerprint density at radius 3 is 2.89 bits per heavy atom. The van der Waals surface area contributed by atoms with Crippen molar-refractivity contribution in [1.82, 2.24) is 0 Å². The van der Waals surface area contributed by atoms with Crippen LogP contribution in [0.4, 0.5) is 10.1 Å². The molecule has 5 heteroatoms. The monoisotopic (exact) mass is 268 g/mol. The molecule has 0 saturated carbocycles. The van der Waals surface area contributed by atoms with E-state index in [1.807, 2.05) is 6.92 Å². The summed E-state index contributed by atoms with van der Waals surface area (Å²) in [5.41, 5.74) is 6.00. The van der Waals surface area contributed by atoms with Gasteiger partial charge in [0, 0.05) is 18.8 Å². The zero-order valence-electron chi connectivity index (χ0n) is 11.3. The molecule has 106 valence electrons. The van der Waals surface area contributed by atoms with Crippen LogP contribution in [0.3, 0.4) is 0 Å². The zero-order valence-corrected chi connectivity index (χ0v) is 11.3. The Balaban J connectivity index is 2.73. The highest BCUT2D eigenvalue weighted by atomic mass is 19.1. The summed E-state index contributed by atoms with van der Waals surface area (Å²) in [6.07, 6.45) is 1.52. The lowest BCUT2D eigenvalue weighted by Gasteiger charge is -2.22. The second-order valence-electron chi connectivity index (χ2n) is 4.22. The van der Waals surface area contributed by atoms with Crippen LogP contribution in [0.2, 0.25) is 0 Å². The highest BCUT2D eigenvalue weighted by Crippen LogP contribution is 2.16. The van der Waals surface area contributed by atoms with Crippen LogP contribution in [0.25, 0.3) is 0 Å². The Kier molecular flexibility index (Phi) is 7.07. The molecule has 0 aromatic heterocycles. The maximum absolute atomic E-state index is 13.2. The number of hydrogen-bond acceptors (Lipinski definition) is 3. The molecule has 0 aliphatic heterocycles. The van der Waals surface area contributed by atoms with Gasteiger partial charge in [0.25, 0.3) is 5.91 Å². The van der Waals surface area contributed by atoms with Crippen LogP contribution in [0.1, 0.15) is 19.8 Å². The Bertz CT molecular complexity index is 399. The predicted molar refractivity (Wildman–Crippen MR) is 73.5 cm³/mol. The molecule has 0 heterocycles. The van der Waals surface area contributed by atoms with Gasteiger partial charge in [-0.25, -0.2) is 4.39 Å². The first-order valence-electron chi connectivity index (χ1n) is 6.52. The molecule has 0 unspecified atom stereocenters. The van der Waals surface area contributed by atoms with Gasteiger partial charge in [-0.15, -0.1) is 0 Å². The summed E-state index contributed by atoms with van der Waals surface area (Å²) >= 11 is 0. The number of ether oxygens (including phenoxy) is 1. The minimum Gasteiger partial charge on any atom is -0.372 e. The molecule has 0 spiro atoms. The number of anilines is 1. The summed E-state index contributed by atoms with van der Waals surface area (Å²) in [5, 5.41) is 0. The summed E-state index contributed by atoms with van der Waals surface area (Å²) < 4.78 is 18.5. The highest BCUT2D eigenvalue weighted by Gasteiger charge is 2.15. The molecule has 0 bridgehead atoms. The van der Waals surface area contributed by atoms with Crippen LogP contribution in [0.5, 0.6) is 0 Å². The van der Waals surface area contributed by atoms with Crippen molar-refractivity contribution >= 4 is 11.6 Å². The first-order valence-corrected chi connectivity index (χ1v) is 6.52. The van der Waals surface area contributed by atoms with Crippen molar-refractivity contribution in [3.63, 3.8) is 0 Å². The first kappa shape index (κ1) is 15.6. The van der Waals surface area contributed by atoms with Crippen molar-refractivity contribution in [3.05, 3.63) is 30.1 Å². The van der Waals surface area contributed by atoms with Crippen LogP contribution in [-0.4, -0.2) is 32.2 Å². The molecular weight excluding hydrogens is 247 g/mol. The van der Waals surface area contributed by atoms with Gasteiger partial charge >= 0.3 is 0 Å². The number of carbonyl (C=O) groups excluding carboxylic acids is 1. The normalized spacial score (nSPS) is 10.5. The number of nitrogens with two attached hydrogens (primary N) is 1. The number of rotatable bonds is 8. The van der Waals surface area contributed by atoms with Crippen LogP contribution < -0.4 is 10.6 Å². The van der Waals surface area contributed by atoms with E-state index in [0.717, 1.165) is 6.42 Å². The molecule has 0 saturated heterocycles. The fourth-order valence-electron chi connectivity index (χ4n) is 1.67. The number of amides is 1. The van der Waals surface area contributed by atoms with E-state index in [9.17, 15) is 9.18 Å². The van der Waals surface area contributed by atoms with E-state index in [1.165, 1.54) is 17.0 Å². The second kappa shape index (κ2) is 8.61. The summed E-state index contributed by atoms with van der Waals surface area (Å²) in [4.78, 5) is 13.6. The van der Waals surface area contributed by atoms with Gasteiger partial charge in [0.05, 0.1) is 0 Å². The average molecular weight is 268 g/mol. The molecule has 0 atom stereocenters. The van der Waals surface area contributed by atoms with Gasteiger partial charge in [-0.2, -0.15) is 0 Å². The third-order valence-electron chi connectivity index (χ3n) is 2.58. The number of halogens is 1. The Hall–Kier alpha value is -1.46. The Morgan fingerprint density at radius 2 is 2.26 bits per heavy atom. The first-order chi connectivity index (χ1) is 9.19. The number of nitrogens with zero attached hydrogens (tertiary/aromatic N) is 1. The Morgan fingerprint density at radius 1 is 1.47 bits per heavy atom. The van der Waals surface area contributed by atoms with Crippen molar-refractivity contribution in [1.29, 1.82) is 0 Å². The lowest BCUT2D eigenvalue weighted by Crippen LogP contribution is -2.35. The average Bonchev–Trinajstić information content (AvgIpc) is 2.39. The molecule has 2 N–H and O–H groups in total. The van der Waals surface area contributed by atoms with Crippen LogP contribution >= 0.6 is 0 Å². The zero-order chi connectivity index (χ0) is 14.1. The maximum Gasteiger partial charge on any atom is 0.252 e. The summed E-state index contributed by atoms with van der Waals surface area (Å²) in [6.45, 7) is 3.47. The topological polar surface area (TPSA) is 55.6 Å². The molecule has 0 fully saturated rings. The van der Waals surface area contributed by atoms with Crippen LogP contribution in [0.15, 0.2) is 24.3 Å². The van der Waals surface area contributed by atoms with Gasteiger partial charge in [-0.05, 0) is 37.6 Å². The number of carbonyl (C=O) groups is 1. The molecule has 1 amide bonds. The maximum atomic E-state index is 13.2. The molecular formula is C14H21FN2O2. The Labute approximate surface area is 113 Å². The summed E-state index contributed by atoms with van der Waals surface area (Å²) in [5.74, 6) is -0.537. The van der Waals surface area contributed by atoms with E-state index in [0.29, 0.717) is 31.8 Å². The number of benzene rings is 1. The van der Waals surface area contributed by atoms with Crippen molar-refractivity contribution in [2.45, 2.75) is 19.8 Å². The van der Waals surface area contributed by atoms with E-state index >= 15 is 0 Å². The van der Waals surface area contributed by atoms with E-state index in [2.05, 4.69) is 0 Å². The van der Waals surface area contributed by atoms with Crippen molar-refractivity contribution in [3.8, 4) is 0 Å². The summed E-state index contributed by atoms with van der Waals surface area (Å²) in [7, 11) is 0. The third-order valence-corrected chi connectivity index (χ3v) is 2.58. The fraction of sp³-hybridized carbons (Fsp3) is 0.500. The number of hydrogen-bond donors (Lipinski definition) is 1. The van der Waals surface area contributed by atoms with Crippen LogP contribution in [-0.2, 0) is 9.53 Å². The van der Waals surface area contributed by atoms with E-state index in [4.69, 9.17) is 10.5 Å². The van der Waals surface area contributed by atoms with E-state index < -0.39 is 0 Å². The lowest BCUT2D eigenvalue weighted by atomic mass is 10.2. The van der Waals surface area contributed by atoms with Crippen LogP contribution in [0, 0.1) is 5.82 Å². The van der Waals surface area contributed by atoms with Gasteiger partial charge in [0.2, 0.25) is 0 Å². The second-order valence-corrected chi connectivity index (χ2v) is 4.22. The molecule has 0 aliphatic rings. The van der Waals surface area contributed by atoms with E-state index in [1.54, 1.807) is 12.1 Å². The van der Waals surface area contributed by atoms with Crippen molar-refractivity contribution < 1.29 is 13.9 Å². The molecule has 0 aliphatic carbocycles. The highest BCUT2D eigenvalue weighted by molar-refractivity contribution is 5.94. The van der Waals surface area contributed by atoms with Crippen molar-refractivity contribution in [2.75, 3.05) is 31.2 Å². The van der Waals surface area contributed by atoms with Crippen molar-refractivity contribution in [2.24, 2.45) is 5.73 Å². The van der Waals surface area contributed by atoms with Gasteiger partial charge in [0.15, 0.2) is 0 Å². The molecule has 1 rings (SSSR count). The third kappa shape index (κ3) is 5.36. The van der Waals surface area contributed by atoms with Gasteiger partial charge < -0.3 is 15.4 Å². The smallest absolute Gasteiger partial charge is 0.252 e. The van der Waals surface area contributed by atoms with Gasteiger partial charge in [-0.1, -0.05) is 13.0 Å². The summed E-state index contributed by atoms with van der Waals surface area (Å²) in [6, 6.07) is 5.98. The lowest BCUT2D eigenvalue weighted by molar-refractivity contribution is -0.123. The van der Waals surface area contributed by atoms with Gasteiger partial charge in [0.1, 0.15) is 12.4 Å². The largest absolute Gasteiger partial charge is 0.372 e. The minimum absolute atomic E-state index is 0.00885. The quantitative estimate of drug-likeness (QED) is 0.733. The van der Waals surface area contributed by atoms with Gasteiger partial charge in [-0.3, -0.25) is 4.79 Å². The standard InChI is InChI=1S/C14H21FN2O2/c1-2-9-19-11-14(18)17(8-4-7-16)13-6-3-5-12(15)10-13/h3,5-6,10H,2,4,7-9,11,16H2,1H3.